The number of amides is 1. The molecule has 106 valence electrons. The Hall–Kier alpha value is -2.24. The second-order valence-electron chi connectivity index (χ2n) is 4.68. The predicted molar refractivity (Wildman–Crippen MR) is 70.1 cm³/mol. The Morgan fingerprint density at radius 2 is 2.10 bits per heavy atom. The van der Waals surface area contributed by atoms with Crippen LogP contribution < -0.4 is 0 Å². The summed E-state index contributed by atoms with van der Waals surface area (Å²) in [7, 11) is 3.32. The van der Waals surface area contributed by atoms with Crippen molar-refractivity contribution < 1.29 is 13.6 Å². The minimum absolute atomic E-state index is 0.269. The highest BCUT2D eigenvalue weighted by Gasteiger charge is 2.19. The number of aryl methyl sites for hydroxylation is 2. The molecule has 1 aromatic heterocycles. The first kappa shape index (κ1) is 14.2. The van der Waals surface area contributed by atoms with Gasteiger partial charge in [-0.05, 0) is 19.1 Å². The summed E-state index contributed by atoms with van der Waals surface area (Å²) in [4.78, 5) is 13.5. The van der Waals surface area contributed by atoms with Crippen LogP contribution in [-0.4, -0.2) is 27.6 Å². The molecule has 1 aromatic carbocycles. The van der Waals surface area contributed by atoms with Crippen molar-refractivity contribution in [2.24, 2.45) is 7.05 Å². The van der Waals surface area contributed by atoms with Crippen LogP contribution in [0.3, 0.4) is 0 Å². The van der Waals surface area contributed by atoms with Gasteiger partial charge in [-0.1, -0.05) is 6.07 Å². The number of aromatic nitrogens is 2. The Kier molecular flexibility index (Phi) is 3.83. The summed E-state index contributed by atoms with van der Waals surface area (Å²) in [6.07, 6.45) is 1.79. The summed E-state index contributed by atoms with van der Waals surface area (Å²) in [5, 5.41) is 4.17. The Morgan fingerprint density at radius 1 is 1.40 bits per heavy atom. The summed E-state index contributed by atoms with van der Waals surface area (Å²) >= 11 is 0. The largest absolute Gasteiger partial charge is 0.337 e. The number of carbonyl (C=O) groups is 1. The van der Waals surface area contributed by atoms with Crippen LogP contribution in [0.15, 0.2) is 24.4 Å². The van der Waals surface area contributed by atoms with E-state index in [0.717, 1.165) is 17.3 Å². The molecule has 0 fully saturated rings. The number of hydrogen-bond acceptors (Lipinski definition) is 2. The highest BCUT2D eigenvalue weighted by Crippen LogP contribution is 2.15. The lowest BCUT2D eigenvalue weighted by molar-refractivity contribution is 0.0779. The minimum atomic E-state index is -1.12. The molecular formula is C14H15F2N3O. The van der Waals surface area contributed by atoms with Gasteiger partial charge in [-0.25, -0.2) is 8.78 Å². The van der Waals surface area contributed by atoms with E-state index in [1.165, 1.54) is 17.0 Å². The fourth-order valence-electron chi connectivity index (χ4n) is 2.01. The quantitative estimate of drug-likeness (QED) is 0.864. The number of hydrogen-bond donors (Lipinski definition) is 0. The molecule has 0 aliphatic heterocycles. The van der Waals surface area contributed by atoms with Crippen molar-refractivity contribution in [1.82, 2.24) is 14.7 Å². The Morgan fingerprint density at radius 3 is 2.70 bits per heavy atom. The van der Waals surface area contributed by atoms with Crippen molar-refractivity contribution in [3.63, 3.8) is 0 Å². The molecule has 0 aliphatic rings. The van der Waals surface area contributed by atoms with E-state index in [2.05, 4.69) is 5.10 Å². The summed E-state index contributed by atoms with van der Waals surface area (Å²) in [6.45, 7) is 2.12. The number of nitrogens with zero attached hydrogens (tertiary/aromatic N) is 3. The van der Waals surface area contributed by atoms with Crippen LogP contribution in [0, 0.1) is 18.6 Å². The van der Waals surface area contributed by atoms with E-state index in [1.807, 2.05) is 6.92 Å². The van der Waals surface area contributed by atoms with Gasteiger partial charge in [0.15, 0.2) is 11.6 Å². The van der Waals surface area contributed by atoms with Gasteiger partial charge in [0.1, 0.15) is 0 Å². The summed E-state index contributed by atoms with van der Waals surface area (Å²) in [6, 6.07) is 3.57. The van der Waals surface area contributed by atoms with E-state index in [0.29, 0.717) is 0 Å². The van der Waals surface area contributed by atoms with Crippen molar-refractivity contribution in [2.75, 3.05) is 7.05 Å². The van der Waals surface area contributed by atoms with Gasteiger partial charge in [-0.2, -0.15) is 5.10 Å². The van der Waals surface area contributed by atoms with Gasteiger partial charge >= 0.3 is 0 Å². The molecule has 0 spiro atoms. The molecule has 0 radical (unpaired) electrons. The SMILES string of the molecule is Cc1nn(C)cc1CN(C)C(=O)c1cccc(F)c1F. The van der Waals surface area contributed by atoms with Gasteiger partial charge in [0.25, 0.3) is 5.91 Å². The molecule has 6 heteroatoms. The monoisotopic (exact) mass is 279 g/mol. The van der Waals surface area contributed by atoms with Crippen LogP contribution in [0.1, 0.15) is 21.6 Å². The molecule has 0 saturated heterocycles. The molecule has 0 unspecified atom stereocenters. The second-order valence-corrected chi connectivity index (χ2v) is 4.68. The number of rotatable bonds is 3. The third-order valence-corrected chi connectivity index (χ3v) is 3.05. The maximum Gasteiger partial charge on any atom is 0.256 e. The summed E-state index contributed by atoms with van der Waals surface area (Å²) < 4.78 is 28.4. The molecule has 0 atom stereocenters. The van der Waals surface area contributed by atoms with Crippen molar-refractivity contribution >= 4 is 5.91 Å². The Bertz CT molecular complexity index is 652. The summed E-state index contributed by atoms with van der Waals surface area (Å²) in [5.74, 6) is -2.71. The molecule has 0 N–H and O–H groups in total. The third kappa shape index (κ3) is 2.68. The molecule has 0 saturated carbocycles. The lowest BCUT2D eigenvalue weighted by Crippen LogP contribution is -2.27. The van der Waals surface area contributed by atoms with Crippen molar-refractivity contribution in [2.45, 2.75) is 13.5 Å². The third-order valence-electron chi connectivity index (χ3n) is 3.05. The Balaban J connectivity index is 2.21. The van der Waals surface area contributed by atoms with E-state index in [-0.39, 0.29) is 12.1 Å². The van der Waals surface area contributed by atoms with Gasteiger partial charge in [0.2, 0.25) is 0 Å². The second kappa shape index (κ2) is 5.40. The molecule has 4 nitrogen and oxygen atoms in total. The molecule has 2 rings (SSSR count). The maximum absolute atomic E-state index is 13.6. The highest BCUT2D eigenvalue weighted by atomic mass is 19.2. The van der Waals surface area contributed by atoms with Crippen molar-refractivity contribution in [3.05, 3.63) is 52.9 Å². The van der Waals surface area contributed by atoms with Crippen LogP contribution in [0.4, 0.5) is 8.78 Å². The van der Waals surface area contributed by atoms with Crippen molar-refractivity contribution in [1.29, 1.82) is 0 Å². The van der Waals surface area contributed by atoms with Crippen LogP contribution in [0.2, 0.25) is 0 Å². The standard InChI is InChI=1S/C14H15F2N3O/c1-9-10(8-19(3)17-9)7-18(2)14(20)11-5-4-6-12(15)13(11)16/h4-6,8H,7H2,1-3H3. The smallest absolute Gasteiger partial charge is 0.256 e. The first-order valence-corrected chi connectivity index (χ1v) is 6.08. The molecule has 1 heterocycles. The van der Waals surface area contributed by atoms with Gasteiger partial charge in [0, 0.05) is 32.4 Å². The van der Waals surface area contributed by atoms with Crippen molar-refractivity contribution in [3.8, 4) is 0 Å². The van der Waals surface area contributed by atoms with Gasteiger partial charge < -0.3 is 4.90 Å². The van der Waals surface area contributed by atoms with E-state index in [9.17, 15) is 13.6 Å². The zero-order valence-corrected chi connectivity index (χ0v) is 11.5. The number of carbonyl (C=O) groups excluding carboxylic acids is 1. The van der Waals surface area contributed by atoms with E-state index >= 15 is 0 Å². The van der Waals surface area contributed by atoms with Gasteiger partial charge in [0.05, 0.1) is 11.3 Å². The zero-order valence-electron chi connectivity index (χ0n) is 11.5. The van der Waals surface area contributed by atoms with E-state index < -0.39 is 17.5 Å². The van der Waals surface area contributed by atoms with E-state index in [4.69, 9.17) is 0 Å². The lowest BCUT2D eigenvalue weighted by Gasteiger charge is -2.17. The van der Waals surface area contributed by atoms with Crippen LogP contribution >= 0.6 is 0 Å². The normalized spacial score (nSPS) is 10.7. The average molecular weight is 279 g/mol. The molecular weight excluding hydrogens is 264 g/mol. The first-order valence-electron chi connectivity index (χ1n) is 6.08. The molecule has 2 aromatic rings. The topological polar surface area (TPSA) is 38.1 Å². The fourth-order valence-corrected chi connectivity index (χ4v) is 2.01. The molecule has 1 amide bonds. The fraction of sp³-hybridized carbons (Fsp3) is 0.286. The van der Waals surface area contributed by atoms with Crippen LogP contribution in [0.5, 0.6) is 0 Å². The Labute approximate surface area is 115 Å². The summed E-state index contributed by atoms with van der Waals surface area (Å²) in [5.41, 5.74) is 1.39. The number of benzene rings is 1. The minimum Gasteiger partial charge on any atom is -0.337 e. The lowest BCUT2D eigenvalue weighted by atomic mass is 10.1. The average Bonchev–Trinajstić information content (AvgIpc) is 2.70. The van der Waals surface area contributed by atoms with Gasteiger partial charge in [-0.15, -0.1) is 0 Å². The molecule has 0 aliphatic carbocycles. The molecule has 20 heavy (non-hydrogen) atoms. The van der Waals surface area contributed by atoms with Crippen LogP contribution in [-0.2, 0) is 13.6 Å². The van der Waals surface area contributed by atoms with Crippen LogP contribution in [0.25, 0.3) is 0 Å². The van der Waals surface area contributed by atoms with E-state index in [1.54, 1.807) is 25.0 Å². The maximum atomic E-state index is 13.6. The number of halogens is 2. The zero-order chi connectivity index (χ0) is 14.9. The highest BCUT2D eigenvalue weighted by molar-refractivity contribution is 5.94. The predicted octanol–water partition coefficient (Wildman–Crippen LogP) is 2.28. The first-order chi connectivity index (χ1) is 9.40. The van der Waals surface area contributed by atoms with Gasteiger partial charge in [-0.3, -0.25) is 9.48 Å². The molecule has 0 bridgehead atoms.